The van der Waals surface area contributed by atoms with E-state index in [1.807, 2.05) is 6.07 Å². The molecule has 9 heteroatoms. The highest BCUT2D eigenvalue weighted by atomic mass is 35.5. The van der Waals surface area contributed by atoms with Crippen molar-refractivity contribution in [1.29, 1.82) is 5.26 Å². The van der Waals surface area contributed by atoms with Crippen LogP contribution in [0.5, 0.6) is 0 Å². The first kappa shape index (κ1) is 22.7. The number of nitrogens with zero attached hydrogens (tertiary/aromatic N) is 2. The lowest BCUT2D eigenvalue weighted by atomic mass is 10.1. The molecule has 0 aliphatic carbocycles. The summed E-state index contributed by atoms with van der Waals surface area (Å²) in [7, 11) is 0. The SMILES string of the molecule is N#CC(=Cc1ccc(-c2ccccc2F)o1)C(=O)Nc1ncc(Cc2cc(Cl)ccc2Cl)s1. The van der Waals surface area contributed by atoms with Gasteiger partial charge in [-0.15, -0.1) is 11.3 Å². The normalized spacial score (nSPS) is 11.3. The lowest BCUT2D eigenvalue weighted by Crippen LogP contribution is -2.13. The number of rotatable bonds is 6. The van der Waals surface area contributed by atoms with Gasteiger partial charge in [-0.3, -0.25) is 10.1 Å². The highest BCUT2D eigenvalue weighted by molar-refractivity contribution is 7.15. The van der Waals surface area contributed by atoms with Crippen molar-refractivity contribution in [2.24, 2.45) is 0 Å². The molecule has 0 aliphatic heterocycles. The Morgan fingerprint density at radius 1 is 1.21 bits per heavy atom. The number of nitriles is 1. The number of hydrogen-bond donors (Lipinski definition) is 1. The van der Waals surface area contributed by atoms with Crippen LogP contribution in [0.4, 0.5) is 9.52 Å². The zero-order valence-electron chi connectivity index (χ0n) is 16.8. The maximum atomic E-state index is 14.0. The number of aromatic nitrogens is 1. The Kier molecular flexibility index (Phi) is 6.90. The molecular weight excluding hydrogens is 484 g/mol. The summed E-state index contributed by atoms with van der Waals surface area (Å²) in [6.07, 6.45) is 3.42. The van der Waals surface area contributed by atoms with Crippen molar-refractivity contribution in [3.63, 3.8) is 0 Å². The first-order chi connectivity index (χ1) is 15.9. The van der Waals surface area contributed by atoms with Gasteiger partial charge in [0.05, 0.1) is 5.56 Å². The Bertz CT molecular complexity index is 1400. The molecule has 0 fully saturated rings. The van der Waals surface area contributed by atoms with Gasteiger partial charge in [-0.05, 0) is 48.0 Å². The Morgan fingerprint density at radius 2 is 2.03 bits per heavy atom. The predicted octanol–water partition coefficient (Wildman–Crippen LogP) is 6.99. The quantitative estimate of drug-likeness (QED) is 0.230. The highest BCUT2D eigenvalue weighted by Gasteiger charge is 2.15. The van der Waals surface area contributed by atoms with Crippen molar-refractivity contribution in [1.82, 2.24) is 4.98 Å². The van der Waals surface area contributed by atoms with Gasteiger partial charge in [0.15, 0.2) is 5.13 Å². The summed E-state index contributed by atoms with van der Waals surface area (Å²) < 4.78 is 19.5. The minimum atomic E-state index is -0.636. The number of thiazole rings is 1. The van der Waals surface area contributed by atoms with Crippen LogP contribution in [0.15, 0.2) is 70.8 Å². The second-order valence-electron chi connectivity index (χ2n) is 6.85. The maximum absolute atomic E-state index is 14.0. The fourth-order valence-electron chi connectivity index (χ4n) is 3.01. The van der Waals surface area contributed by atoms with E-state index in [0.29, 0.717) is 27.4 Å². The van der Waals surface area contributed by atoms with Gasteiger partial charge in [-0.2, -0.15) is 5.26 Å². The van der Waals surface area contributed by atoms with Gasteiger partial charge in [0.2, 0.25) is 0 Å². The predicted molar refractivity (Wildman–Crippen MR) is 128 cm³/mol. The zero-order valence-corrected chi connectivity index (χ0v) is 19.1. The standard InChI is InChI=1S/C24H14Cl2FN3O2S/c25-16-5-7-20(26)14(9-16)11-18-13-29-24(33-18)30-23(31)15(12-28)10-17-6-8-22(32-17)19-3-1-2-4-21(19)27/h1-10,13H,11H2,(H,29,30,31). The Balaban J connectivity index is 1.47. The minimum absolute atomic E-state index is 0.181. The number of benzene rings is 2. The average molecular weight is 498 g/mol. The summed E-state index contributed by atoms with van der Waals surface area (Å²) in [6, 6.07) is 16.4. The summed E-state index contributed by atoms with van der Waals surface area (Å²) in [4.78, 5) is 17.6. The molecule has 2 aromatic carbocycles. The van der Waals surface area contributed by atoms with Crippen molar-refractivity contribution in [3.05, 3.63) is 98.4 Å². The van der Waals surface area contributed by atoms with Crippen molar-refractivity contribution in [2.75, 3.05) is 5.32 Å². The molecule has 5 nitrogen and oxygen atoms in total. The number of amides is 1. The molecule has 0 unspecified atom stereocenters. The minimum Gasteiger partial charge on any atom is -0.457 e. The summed E-state index contributed by atoms with van der Waals surface area (Å²) in [6.45, 7) is 0. The molecule has 1 amide bonds. The van der Waals surface area contributed by atoms with E-state index in [4.69, 9.17) is 27.6 Å². The third kappa shape index (κ3) is 5.49. The molecule has 4 aromatic rings. The van der Waals surface area contributed by atoms with Crippen LogP contribution in [-0.4, -0.2) is 10.9 Å². The van der Waals surface area contributed by atoms with Crippen LogP contribution < -0.4 is 5.32 Å². The molecule has 0 bridgehead atoms. The second kappa shape index (κ2) is 10.0. The summed E-state index contributed by atoms with van der Waals surface area (Å²) in [5, 5.41) is 13.5. The van der Waals surface area contributed by atoms with E-state index in [1.165, 1.54) is 23.5 Å². The van der Waals surface area contributed by atoms with Crippen LogP contribution in [-0.2, 0) is 11.2 Å². The van der Waals surface area contributed by atoms with Crippen LogP contribution in [0, 0.1) is 17.1 Å². The monoisotopic (exact) mass is 497 g/mol. The van der Waals surface area contributed by atoms with Gasteiger partial charge in [0.25, 0.3) is 5.91 Å². The number of carbonyl (C=O) groups is 1. The highest BCUT2D eigenvalue weighted by Crippen LogP contribution is 2.28. The number of hydrogen-bond acceptors (Lipinski definition) is 5. The van der Waals surface area contributed by atoms with Gasteiger partial charge < -0.3 is 4.42 Å². The van der Waals surface area contributed by atoms with E-state index in [1.54, 1.807) is 54.7 Å². The second-order valence-corrected chi connectivity index (χ2v) is 8.81. The maximum Gasteiger partial charge on any atom is 0.268 e. The van der Waals surface area contributed by atoms with E-state index in [-0.39, 0.29) is 16.9 Å². The van der Waals surface area contributed by atoms with E-state index in [9.17, 15) is 14.4 Å². The number of nitrogens with one attached hydrogen (secondary N) is 1. The smallest absolute Gasteiger partial charge is 0.268 e. The fraction of sp³-hybridized carbons (Fsp3) is 0.0417. The third-order valence-electron chi connectivity index (χ3n) is 4.56. The average Bonchev–Trinajstić information content (AvgIpc) is 3.44. The molecule has 0 radical (unpaired) electrons. The molecule has 1 N–H and O–H groups in total. The van der Waals surface area contributed by atoms with Crippen LogP contribution in [0.25, 0.3) is 17.4 Å². The summed E-state index contributed by atoms with van der Waals surface area (Å²) >= 11 is 13.5. The molecule has 0 atom stereocenters. The first-order valence-corrected chi connectivity index (χ1v) is 11.2. The molecule has 0 saturated carbocycles. The van der Waals surface area contributed by atoms with Gasteiger partial charge in [0, 0.05) is 33.6 Å². The molecule has 0 aliphatic rings. The van der Waals surface area contributed by atoms with Gasteiger partial charge in [0.1, 0.15) is 29.0 Å². The Morgan fingerprint density at radius 3 is 2.82 bits per heavy atom. The molecule has 0 saturated heterocycles. The van der Waals surface area contributed by atoms with Gasteiger partial charge in [-0.25, -0.2) is 9.37 Å². The molecule has 2 aromatic heterocycles. The van der Waals surface area contributed by atoms with Crippen LogP contribution in [0.1, 0.15) is 16.2 Å². The Labute approximate surface area is 202 Å². The van der Waals surface area contributed by atoms with Crippen LogP contribution in [0.2, 0.25) is 10.0 Å². The van der Waals surface area contributed by atoms with E-state index < -0.39 is 11.7 Å². The summed E-state index contributed by atoms with van der Waals surface area (Å²) in [5.41, 5.74) is 0.945. The lowest BCUT2D eigenvalue weighted by molar-refractivity contribution is -0.112. The zero-order chi connectivity index (χ0) is 23.4. The van der Waals surface area contributed by atoms with E-state index in [0.717, 1.165) is 10.4 Å². The van der Waals surface area contributed by atoms with Crippen molar-refractivity contribution < 1.29 is 13.6 Å². The van der Waals surface area contributed by atoms with Gasteiger partial charge in [-0.1, -0.05) is 35.3 Å². The first-order valence-electron chi connectivity index (χ1n) is 9.59. The molecule has 4 rings (SSSR count). The van der Waals surface area contributed by atoms with Crippen LogP contribution >= 0.6 is 34.5 Å². The number of carbonyl (C=O) groups excluding carboxylic acids is 1. The topological polar surface area (TPSA) is 78.9 Å². The number of anilines is 1. The van der Waals surface area contributed by atoms with Crippen molar-refractivity contribution in [2.45, 2.75) is 6.42 Å². The van der Waals surface area contributed by atoms with Crippen LogP contribution in [0.3, 0.4) is 0 Å². The molecule has 2 heterocycles. The number of halogens is 3. The fourth-order valence-corrected chi connectivity index (χ4v) is 4.21. The Hall–Kier alpha value is -3.44. The molecular formula is C24H14Cl2FN3O2S. The van der Waals surface area contributed by atoms with Crippen molar-refractivity contribution >= 4 is 51.7 Å². The lowest BCUT2D eigenvalue weighted by Gasteiger charge is -2.02. The molecule has 0 spiro atoms. The number of furan rings is 1. The van der Waals surface area contributed by atoms with E-state index >= 15 is 0 Å². The largest absolute Gasteiger partial charge is 0.457 e. The van der Waals surface area contributed by atoms with Gasteiger partial charge >= 0.3 is 0 Å². The summed E-state index contributed by atoms with van der Waals surface area (Å²) in [5.74, 6) is -0.529. The molecule has 164 valence electrons. The van der Waals surface area contributed by atoms with Crippen molar-refractivity contribution in [3.8, 4) is 17.4 Å². The third-order valence-corrected chi connectivity index (χ3v) is 6.08. The van der Waals surface area contributed by atoms with E-state index in [2.05, 4.69) is 10.3 Å². The molecule has 33 heavy (non-hydrogen) atoms.